The Kier molecular flexibility index (Phi) is 5.74. The van der Waals surface area contributed by atoms with Crippen LogP contribution in [-0.4, -0.2) is 49.0 Å². The molecule has 2 atom stereocenters. The highest BCUT2D eigenvalue weighted by molar-refractivity contribution is 6.31. The van der Waals surface area contributed by atoms with Crippen LogP contribution in [0.3, 0.4) is 0 Å². The molecule has 0 amide bonds. The van der Waals surface area contributed by atoms with Gasteiger partial charge in [-0.3, -0.25) is 4.79 Å². The lowest BCUT2D eigenvalue weighted by Crippen LogP contribution is -2.56. The predicted octanol–water partition coefficient (Wildman–Crippen LogP) is 4.00. The number of carbonyl (C=O) groups is 1. The van der Waals surface area contributed by atoms with E-state index in [0.29, 0.717) is 29.7 Å². The van der Waals surface area contributed by atoms with Crippen LogP contribution in [0.5, 0.6) is 11.5 Å². The molecule has 7 heteroatoms. The van der Waals surface area contributed by atoms with Gasteiger partial charge in [0.2, 0.25) is 0 Å². The Balaban J connectivity index is 1.70. The van der Waals surface area contributed by atoms with Crippen LogP contribution in [0.25, 0.3) is 0 Å². The van der Waals surface area contributed by atoms with Crippen molar-refractivity contribution in [1.29, 1.82) is 0 Å². The molecule has 0 aromatic heterocycles. The van der Waals surface area contributed by atoms with Crippen molar-refractivity contribution in [2.75, 3.05) is 26.2 Å². The predicted molar refractivity (Wildman–Crippen MR) is 113 cm³/mol. The van der Waals surface area contributed by atoms with Crippen molar-refractivity contribution in [3.05, 3.63) is 53.1 Å². The summed E-state index contributed by atoms with van der Waals surface area (Å²) in [4.78, 5) is 19.4. The zero-order valence-corrected chi connectivity index (χ0v) is 17.3. The van der Waals surface area contributed by atoms with E-state index in [0.717, 1.165) is 30.2 Å². The molecule has 152 valence electrons. The van der Waals surface area contributed by atoms with E-state index in [4.69, 9.17) is 26.1 Å². The van der Waals surface area contributed by atoms with Crippen molar-refractivity contribution in [3.63, 3.8) is 0 Å². The van der Waals surface area contributed by atoms with E-state index in [9.17, 15) is 4.79 Å². The summed E-state index contributed by atoms with van der Waals surface area (Å²) < 4.78 is 11.3. The molecule has 2 aromatic carbocycles. The van der Waals surface area contributed by atoms with Gasteiger partial charge in [-0.05, 0) is 37.3 Å². The number of esters is 1. The summed E-state index contributed by atoms with van der Waals surface area (Å²) in [5, 5.41) is 4.07. The second-order valence-corrected chi connectivity index (χ2v) is 7.63. The lowest BCUT2D eigenvalue weighted by Gasteiger charge is -2.37. The third kappa shape index (κ3) is 4.09. The number of rotatable bonds is 3. The van der Waals surface area contributed by atoms with Gasteiger partial charge in [0.25, 0.3) is 0 Å². The minimum atomic E-state index is -0.258. The Morgan fingerprint density at radius 1 is 1.34 bits per heavy atom. The Bertz CT molecular complexity index is 947. The summed E-state index contributed by atoms with van der Waals surface area (Å²) in [6.45, 7) is 6.24. The van der Waals surface area contributed by atoms with Crippen molar-refractivity contribution in [2.45, 2.75) is 19.9 Å². The second-order valence-electron chi connectivity index (χ2n) is 7.19. The number of hydrogen-bond donors (Lipinski definition) is 1. The van der Waals surface area contributed by atoms with Crippen molar-refractivity contribution >= 4 is 29.1 Å². The fraction of sp³-hybridized carbons (Fsp3) is 0.364. The molecule has 2 aliphatic heterocycles. The van der Waals surface area contributed by atoms with Crippen LogP contribution in [0.4, 0.5) is 5.69 Å². The fourth-order valence-electron chi connectivity index (χ4n) is 3.68. The number of aliphatic imine (C=N–C) groups is 1. The molecule has 0 radical (unpaired) electrons. The van der Waals surface area contributed by atoms with Gasteiger partial charge < -0.3 is 19.7 Å². The Morgan fingerprint density at radius 2 is 2.17 bits per heavy atom. The standard InChI is InChI=1S/C22H24ClN3O3/c1-3-28-22(27)14(2)18-13-26(11-10-24-18)21-16-12-15(23)8-9-19(16)29-20-7-5-4-6-17(20)25-21/h4-9,12,14,18,24H,3,10-11,13H2,1-2H3/t14-,18?/m1/s1. The maximum Gasteiger partial charge on any atom is 0.310 e. The number of hydrogen-bond acceptors (Lipinski definition) is 6. The van der Waals surface area contributed by atoms with Gasteiger partial charge in [-0.15, -0.1) is 0 Å². The van der Waals surface area contributed by atoms with Crippen molar-refractivity contribution < 1.29 is 14.3 Å². The second kappa shape index (κ2) is 8.43. The lowest BCUT2D eigenvalue weighted by molar-refractivity contribution is -0.148. The number of benzene rings is 2. The van der Waals surface area contributed by atoms with Gasteiger partial charge in [0.05, 0.1) is 18.1 Å². The third-order valence-electron chi connectivity index (χ3n) is 5.26. The summed E-state index contributed by atoms with van der Waals surface area (Å²) in [5.41, 5.74) is 1.61. The van der Waals surface area contributed by atoms with E-state index in [1.165, 1.54) is 0 Å². The summed E-state index contributed by atoms with van der Waals surface area (Å²) in [6.07, 6.45) is 0. The lowest BCUT2D eigenvalue weighted by atomic mass is 9.99. The largest absolute Gasteiger partial charge is 0.466 e. The molecule has 1 saturated heterocycles. The zero-order valence-electron chi connectivity index (χ0n) is 16.5. The molecule has 6 nitrogen and oxygen atoms in total. The molecule has 1 fully saturated rings. The molecule has 0 saturated carbocycles. The maximum atomic E-state index is 12.2. The molecule has 0 spiro atoms. The molecule has 0 bridgehead atoms. The maximum absolute atomic E-state index is 12.2. The van der Waals surface area contributed by atoms with E-state index < -0.39 is 0 Å². The molecule has 1 N–H and O–H groups in total. The van der Waals surface area contributed by atoms with Crippen LogP contribution < -0.4 is 10.1 Å². The minimum Gasteiger partial charge on any atom is -0.466 e. The van der Waals surface area contributed by atoms with Crippen molar-refractivity contribution in [3.8, 4) is 11.5 Å². The number of para-hydroxylation sites is 2. The van der Waals surface area contributed by atoms with Crippen molar-refractivity contribution in [2.24, 2.45) is 10.9 Å². The average molecular weight is 414 g/mol. The smallest absolute Gasteiger partial charge is 0.310 e. The Hall–Kier alpha value is -2.57. The Morgan fingerprint density at radius 3 is 3.00 bits per heavy atom. The molecule has 1 unspecified atom stereocenters. The highest BCUT2D eigenvalue weighted by atomic mass is 35.5. The number of amidine groups is 1. The van der Waals surface area contributed by atoms with Crippen LogP contribution >= 0.6 is 11.6 Å². The molecule has 2 heterocycles. The van der Waals surface area contributed by atoms with Crippen molar-refractivity contribution in [1.82, 2.24) is 10.2 Å². The van der Waals surface area contributed by atoms with E-state index >= 15 is 0 Å². The summed E-state index contributed by atoms with van der Waals surface area (Å²) >= 11 is 6.30. The number of ether oxygens (including phenoxy) is 2. The van der Waals surface area contributed by atoms with E-state index in [-0.39, 0.29) is 17.9 Å². The van der Waals surface area contributed by atoms with E-state index in [1.807, 2.05) is 56.3 Å². The van der Waals surface area contributed by atoms with Gasteiger partial charge in [0.1, 0.15) is 17.3 Å². The fourth-order valence-corrected chi connectivity index (χ4v) is 3.85. The van der Waals surface area contributed by atoms with Crippen LogP contribution in [0.15, 0.2) is 47.5 Å². The molecular formula is C22H24ClN3O3. The van der Waals surface area contributed by atoms with Crippen LogP contribution in [0.1, 0.15) is 19.4 Å². The van der Waals surface area contributed by atoms with Gasteiger partial charge in [0, 0.05) is 30.7 Å². The Labute approximate surface area is 175 Å². The molecule has 0 aliphatic carbocycles. The summed E-state index contributed by atoms with van der Waals surface area (Å²) in [6, 6.07) is 13.2. The highest BCUT2D eigenvalue weighted by Crippen LogP contribution is 2.39. The first-order valence-corrected chi connectivity index (χ1v) is 10.2. The topological polar surface area (TPSA) is 63.2 Å². The molecule has 2 aromatic rings. The number of carbonyl (C=O) groups excluding carboxylic acids is 1. The molecule has 4 rings (SSSR count). The average Bonchev–Trinajstić information content (AvgIpc) is 2.90. The normalized spacial score (nSPS) is 19.2. The zero-order chi connectivity index (χ0) is 20.4. The first kappa shape index (κ1) is 19.7. The van der Waals surface area contributed by atoms with Crippen LogP contribution in [0, 0.1) is 5.92 Å². The van der Waals surface area contributed by atoms with E-state index in [2.05, 4.69) is 10.2 Å². The molecular weight excluding hydrogens is 390 g/mol. The van der Waals surface area contributed by atoms with Gasteiger partial charge in [-0.25, -0.2) is 4.99 Å². The number of nitrogens with one attached hydrogen (secondary N) is 1. The van der Waals surface area contributed by atoms with Gasteiger partial charge in [-0.2, -0.15) is 0 Å². The highest BCUT2D eigenvalue weighted by Gasteiger charge is 2.32. The van der Waals surface area contributed by atoms with Crippen LogP contribution in [0.2, 0.25) is 5.02 Å². The molecule has 29 heavy (non-hydrogen) atoms. The summed E-state index contributed by atoms with van der Waals surface area (Å²) in [5.74, 6) is 1.78. The first-order valence-electron chi connectivity index (χ1n) is 9.87. The first-order chi connectivity index (χ1) is 14.1. The summed E-state index contributed by atoms with van der Waals surface area (Å²) in [7, 11) is 0. The minimum absolute atomic E-state index is 0.0347. The number of nitrogens with zero attached hydrogens (tertiary/aromatic N) is 2. The van der Waals surface area contributed by atoms with Gasteiger partial charge in [0.15, 0.2) is 5.75 Å². The van der Waals surface area contributed by atoms with E-state index in [1.54, 1.807) is 0 Å². The van der Waals surface area contributed by atoms with Gasteiger partial charge >= 0.3 is 5.97 Å². The third-order valence-corrected chi connectivity index (χ3v) is 5.50. The quantitative estimate of drug-likeness (QED) is 0.770. The van der Waals surface area contributed by atoms with Gasteiger partial charge in [-0.1, -0.05) is 30.7 Å². The SMILES string of the molecule is CCOC(=O)[C@H](C)C1CN(C2=Nc3ccccc3Oc3ccc(Cl)cc32)CCN1. The number of fused-ring (bicyclic) bond motifs is 2. The molecule has 2 aliphatic rings. The van der Waals surface area contributed by atoms with Crippen LogP contribution in [-0.2, 0) is 9.53 Å². The number of halogens is 1. The number of piperazine rings is 1. The monoisotopic (exact) mass is 413 g/mol.